The average Bonchev–Trinajstić information content (AvgIpc) is 2.04. The third kappa shape index (κ3) is 1.29. The molecule has 56 valence electrons. The number of aromatic nitrogens is 2. The first-order chi connectivity index (χ1) is 5.29. The second-order valence-electron chi connectivity index (χ2n) is 2.04. The number of rotatable bonds is 2. The van der Waals surface area contributed by atoms with Crippen LogP contribution in [0.5, 0.6) is 0 Å². The first-order valence-corrected chi connectivity index (χ1v) is 3.03. The van der Waals surface area contributed by atoms with Gasteiger partial charge in [-0.15, -0.1) is 5.10 Å². The summed E-state index contributed by atoms with van der Waals surface area (Å²) in [6, 6.07) is 0. The highest BCUT2D eigenvalue weighted by molar-refractivity contribution is 5.83. The first-order valence-electron chi connectivity index (χ1n) is 3.03. The van der Waals surface area contributed by atoms with Gasteiger partial charge in [0.05, 0.1) is 11.8 Å². The summed E-state index contributed by atoms with van der Waals surface area (Å²) in [4.78, 5) is 14.0. The van der Waals surface area contributed by atoms with Gasteiger partial charge < -0.3 is 0 Å². The SMILES string of the molecule is C=Nc1nncc(C)c1C=O. The van der Waals surface area contributed by atoms with Crippen molar-refractivity contribution < 1.29 is 4.79 Å². The summed E-state index contributed by atoms with van der Waals surface area (Å²) in [5.41, 5.74) is 1.22. The summed E-state index contributed by atoms with van der Waals surface area (Å²) >= 11 is 0. The fourth-order valence-corrected chi connectivity index (χ4v) is 0.732. The Morgan fingerprint density at radius 2 is 2.45 bits per heavy atom. The third-order valence-electron chi connectivity index (χ3n) is 1.34. The molecule has 0 spiro atoms. The van der Waals surface area contributed by atoms with Crippen LogP contribution in [0, 0.1) is 6.92 Å². The molecule has 4 nitrogen and oxygen atoms in total. The molecular weight excluding hydrogens is 142 g/mol. The van der Waals surface area contributed by atoms with Crippen molar-refractivity contribution in [2.24, 2.45) is 4.99 Å². The molecule has 0 bridgehead atoms. The summed E-state index contributed by atoms with van der Waals surface area (Å²) in [7, 11) is 0. The van der Waals surface area contributed by atoms with Crippen LogP contribution in [0.3, 0.4) is 0 Å². The van der Waals surface area contributed by atoms with Gasteiger partial charge in [0, 0.05) is 0 Å². The number of aliphatic imine (C=N–C) groups is 1. The minimum atomic E-state index is 0.292. The summed E-state index contributed by atoms with van der Waals surface area (Å²) in [6.45, 7) is 5.04. The number of nitrogens with zero attached hydrogens (tertiary/aromatic N) is 3. The number of carbonyl (C=O) groups is 1. The van der Waals surface area contributed by atoms with Crippen LogP contribution in [0.25, 0.3) is 0 Å². The van der Waals surface area contributed by atoms with E-state index in [1.54, 1.807) is 6.92 Å². The maximum absolute atomic E-state index is 10.5. The molecule has 0 fully saturated rings. The van der Waals surface area contributed by atoms with Crippen molar-refractivity contribution in [2.75, 3.05) is 0 Å². The van der Waals surface area contributed by atoms with Gasteiger partial charge >= 0.3 is 0 Å². The lowest BCUT2D eigenvalue weighted by molar-refractivity contribution is 0.112. The van der Waals surface area contributed by atoms with Gasteiger partial charge in [-0.2, -0.15) is 5.10 Å². The Labute approximate surface area is 64.0 Å². The van der Waals surface area contributed by atoms with E-state index in [0.29, 0.717) is 17.7 Å². The molecule has 0 atom stereocenters. The van der Waals surface area contributed by atoms with E-state index >= 15 is 0 Å². The molecule has 1 aromatic heterocycles. The molecule has 0 radical (unpaired) electrons. The Morgan fingerprint density at radius 3 is 2.91 bits per heavy atom. The monoisotopic (exact) mass is 149 g/mol. The number of aryl methyl sites for hydroxylation is 1. The second-order valence-corrected chi connectivity index (χ2v) is 2.04. The maximum atomic E-state index is 10.5. The quantitative estimate of drug-likeness (QED) is 0.464. The molecule has 1 rings (SSSR count). The van der Waals surface area contributed by atoms with E-state index in [1.807, 2.05) is 0 Å². The molecular formula is C7H7N3O. The molecule has 1 aromatic rings. The molecule has 0 unspecified atom stereocenters. The molecule has 4 heteroatoms. The average molecular weight is 149 g/mol. The molecule has 0 aromatic carbocycles. The fraction of sp³-hybridized carbons (Fsp3) is 0.143. The standard InChI is InChI=1S/C7H7N3O/c1-5-3-9-10-7(8-2)6(5)4-11/h3-4H,2H2,1H3. The smallest absolute Gasteiger partial charge is 0.184 e. The van der Waals surface area contributed by atoms with Gasteiger partial charge in [-0.3, -0.25) is 4.79 Å². The van der Waals surface area contributed by atoms with Gasteiger partial charge in [-0.05, 0) is 19.2 Å². The van der Waals surface area contributed by atoms with Crippen molar-refractivity contribution in [3.05, 3.63) is 17.3 Å². The van der Waals surface area contributed by atoms with Gasteiger partial charge in [-0.1, -0.05) is 0 Å². The van der Waals surface area contributed by atoms with Crippen LogP contribution in [0.1, 0.15) is 15.9 Å². The number of carbonyl (C=O) groups excluding carboxylic acids is 1. The lowest BCUT2D eigenvalue weighted by Crippen LogP contribution is -1.92. The minimum absolute atomic E-state index is 0.292. The van der Waals surface area contributed by atoms with E-state index < -0.39 is 0 Å². The predicted molar refractivity (Wildman–Crippen MR) is 41.4 cm³/mol. The summed E-state index contributed by atoms with van der Waals surface area (Å²) in [6.07, 6.45) is 2.21. The van der Waals surface area contributed by atoms with Crippen LogP contribution < -0.4 is 0 Å². The van der Waals surface area contributed by atoms with Gasteiger partial charge in [-0.25, -0.2) is 4.99 Å². The number of hydrogen-bond acceptors (Lipinski definition) is 4. The minimum Gasteiger partial charge on any atom is -0.298 e. The maximum Gasteiger partial charge on any atom is 0.184 e. The van der Waals surface area contributed by atoms with Crippen LogP contribution in [0.4, 0.5) is 5.82 Å². The van der Waals surface area contributed by atoms with E-state index in [-0.39, 0.29) is 0 Å². The Morgan fingerprint density at radius 1 is 1.73 bits per heavy atom. The van der Waals surface area contributed by atoms with Gasteiger partial charge in [0.15, 0.2) is 12.1 Å². The van der Waals surface area contributed by atoms with Crippen molar-refractivity contribution in [3.63, 3.8) is 0 Å². The Bertz CT molecular complexity index is 296. The molecule has 11 heavy (non-hydrogen) atoms. The molecule has 0 saturated heterocycles. The highest BCUT2D eigenvalue weighted by Crippen LogP contribution is 2.14. The zero-order valence-electron chi connectivity index (χ0n) is 6.11. The fourth-order valence-electron chi connectivity index (χ4n) is 0.732. The second kappa shape index (κ2) is 3.01. The Kier molecular flexibility index (Phi) is 2.06. The molecule has 0 N–H and O–H groups in total. The van der Waals surface area contributed by atoms with Crippen molar-refractivity contribution in [1.29, 1.82) is 0 Å². The zero-order valence-corrected chi connectivity index (χ0v) is 6.11. The van der Waals surface area contributed by atoms with E-state index in [9.17, 15) is 4.79 Å². The van der Waals surface area contributed by atoms with Crippen LogP contribution in [-0.2, 0) is 0 Å². The zero-order chi connectivity index (χ0) is 8.27. The topological polar surface area (TPSA) is 55.2 Å². The van der Waals surface area contributed by atoms with E-state index in [4.69, 9.17) is 0 Å². The molecule has 0 aliphatic rings. The van der Waals surface area contributed by atoms with Crippen LogP contribution in [0.2, 0.25) is 0 Å². The van der Waals surface area contributed by atoms with Gasteiger partial charge in [0.2, 0.25) is 0 Å². The molecule has 0 amide bonds. The van der Waals surface area contributed by atoms with Crippen LogP contribution in [-0.4, -0.2) is 23.2 Å². The lowest BCUT2D eigenvalue weighted by Gasteiger charge is -1.97. The highest BCUT2D eigenvalue weighted by Gasteiger charge is 2.03. The largest absolute Gasteiger partial charge is 0.298 e. The Hall–Kier alpha value is -1.58. The normalized spacial score (nSPS) is 9.18. The van der Waals surface area contributed by atoms with Crippen LogP contribution >= 0.6 is 0 Å². The molecule has 0 aliphatic heterocycles. The van der Waals surface area contributed by atoms with Crippen molar-refractivity contribution in [2.45, 2.75) is 6.92 Å². The van der Waals surface area contributed by atoms with E-state index in [2.05, 4.69) is 21.9 Å². The molecule has 0 saturated carbocycles. The lowest BCUT2D eigenvalue weighted by atomic mass is 10.2. The predicted octanol–water partition coefficient (Wildman–Crippen LogP) is 0.930. The number of hydrogen-bond donors (Lipinski definition) is 0. The number of aldehydes is 1. The van der Waals surface area contributed by atoms with Crippen molar-refractivity contribution in [1.82, 2.24) is 10.2 Å². The van der Waals surface area contributed by atoms with E-state index in [1.165, 1.54) is 6.20 Å². The van der Waals surface area contributed by atoms with Gasteiger partial charge in [0.1, 0.15) is 0 Å². The molecule has 1 heterocycles. The summed E-state index contributed by atoms with van der Waals surface area (Å²) < 4.78 is 0. The third-order valence-corrected chi connectivity index (χ3v) is 1.34. The first kappa shape index (κ1) is 7.53. The van der Waals surface area contributed by atoms with Gasteiger partial charge in [0.25, 0.3) is 0 Å². The summed E-state index contributed by atoms with van der Waals surface area (Å²) in [5.74, 6) is 0.292. The van der Waals surface area contributed by atoms with Crippen molar-refractivity contribution >= 4 is 18.8 Å². The Balaban J connectivity index is 3.35. The van der Waals surface area contributed by atoms with Crippen LogP contribution in [0.15, 0.2) is 11.2 Å². The molecule has 0 aliphatic carbocycles. The highest BCUT2D eigenvalue weighted by atomic mass is 16.1. The van der Waals surface area contributed by atoms with Crippen molar-refractivity contribution in [3.8, 4) is 0 Å². The summed E-state index contributed by atoms with van der Waals surface area (Å²) in [5, 5.41) is 7.24. The van der Waals surface area contributed by atoms with E-state index in [0.717, 1.165) is 5.56 Å².